The molecule has 4 atom stereocenters. The van der Waals surface area contributed by atoms with E-state index in [1.165, 1.54) is 17.3 Å². The van der Waals surface area contributed by atoms with Crippen LogP contribution in [0.25, 0.3) is 0 Å². The number of halogens is 2. The Kier molecular flexibility index (Phi) is 9.44. The van der Waals surface area contributed by atoms with Gasteiger partial charge in [0.1, 0.15) is 17.7 Å². The summed E-state index contributed by atoms with van der Waals surface area (Å²) in [6.45, 7) is 5.72. The molecule has 0 spiro atoms. The van der Waals surface area contributed by atoms with Gasteiger partial charge in [0.05, 0.1) is 15.6 Å². The van der Waals surface area contributed by atoms with Gasteiger partial charge in [-0.05, 0) is 63.1 Å². The van der Waals surface area contributed by atoms with E-state index in [9.17, 15) is 24.3 Å². The SMILES string of the molecule is CC(C)(C)OC(=O)N1CC2CCCCC2C1C(=O)N[C@@H](Cc1ccc(NC(=O)c2c(Cl)cncc2Cl)cc1)C(=O)O. The summed E-state index contributed by atoms with van der Waals surface area (Å²) in [7, 11) is 0. The fraction of sp³-hybridized carbons (Fsp3) is 0.483. The van der Waals surface area contributed by atoms with Crippen molar-refractivity contribution < 1.29 is 29.0 Å². The molecule has 10 nitrogen and oxygen atoms in total. The van der Waals surface area contributed by atoms with Crippen molar-refractivity contribution in [3.63, 3.8) is 0 Å². The number of amides is 3. The molecule has 2 aliphatic rings. The van der Waals surface area contributed by atoms with Crippen LogP contribution in [0.4, 0.5) is 10.5 Å². The number of hydrogen-bond donors (Lipinski definition) is 3. The van der Waals surface area contributed by atoms with Crippen molar-refractivity contribution in [2.75, 3.05) is 11.9 Å². The van der Waals surface area contributed by atoms with Crippen LogP contribution in [0.3, 0.4) is 0 Å². The van der Waals surface area contributed by atoms with Gasteiger partial charge in [0.2, 0.25) is 5.91 Å². The first-order valence-corrected chi connectivity index (χ1v) is 14.3. The summed E-state index contributed by atoms with van der Waals surface area (Å²) >= 11 is 12.1. The second-order valence-corrected chi connectivity index (χ2v) is 12.3. The molecule has 12 heteroatoms. The zero-order valence-electron chi connectivity index (χ0n) is 23.2. The summed E-state index contributed by atoms with van der Waals surface area (Å²) in [5.74, 6) is -2.07. The highest BCUT2D eigenvalue weighted by atomic mass is 35.5. The minimum Gasteiger partial charge on any atom is -0.480 e. The van der Waals surface area contributed by atoms with E-state index in [-0.39, 0.29) is 33.9 Å². The van der Waals surface area contributed by atoms with Crippen LogP contribution in [0, 0.1) is 11.8 Å². The number of benzene rings is 1. The number of ether oxygens (including phenoxy) is 1. The van der Waals surface area contributed by atoms with Crippen LogP contribution in [0.1, 0.15) is 62.4 Å². The molecule has 41 heavy (non-hydrogen) atoms. The Morgan fingerprint density at radius 1 is 1.07 bits per heavy atom. The molecule has 3 unspecified atom stereocenters. The van der Waals surface area contributed by atoms with Crippen LogP contribution >= 0.6 is 23.2 Å². The van der Waals surface area contributed by atoms with Crippen molar-refractivity contribution >= 4 is 52.8 Å². The minimum absolute atomic E-state index is 0.00453. The van der Waals surface area contributed by atoms with Crippen molar-refractivity contribution in [1.82, 2.24) is 15.2 Å². The fourth-order valence-corrected chi connectivity index (χ4v) is 6.10. The number of pyridine rings is 1. The number of anilines is 1. The summed E-state index contributed by atoms with van der Waals surface area (Å²) < 4.78 is 5.58. The third kappa shape index (κ3) is 7.48. The lowest BCUT2D eigenvalue weighted by atomic mass is 9.78. The number of carboxylic acid groups (broad SMARTS) is 1. The highest BCUT2D eigenvalue weighted by Gasteiger charge is 2.49. The van der Waals surface area contributed by atoms with Gasteiger partial charge in [0, 0.05) is 31.0 Å². The van der Waals surface area contributed by atoms with Gasteiger partial charge in [-0.15, -0.1) is 0 Å². The lowest BCUT2D eigenvalue weighted by Crippen LogP contribution is -2.54. The maximum atomic E-state index is 13.6. The van der Waals surface area contributed by atoms with Gasteiger partial charge in [-0.25, -0.2) is 9.59 Å². The molecule has 2 heterocycles. The summed E-state index contributed by atoms with van der Waals surface area (Å²) in [5.41, 5.74) is 0.439. The topological polar surface area (TPSA) is 138 Å². The first-order valence-electron chi connectivity index (χ1n) is 13.6. The number of carbonyl (C=O) groups excluding carboxylic acids is 3. The summed E-state index contributed by atoms with van der Waals surface area (Å²) in [6.07, 6.45) is 5.78. The first kappa shape index (κ1) is 30.6. The maximum Gasteiger partial charge on any atom is 0.410 e. The molecule has 1 aliphatic carbocycles. The van der Waals surface area contributed by atoms with Gasteiger partial charge in [-0.1, -0.05) is 48.2 Å². The van der Waals surface area contributed by atoms with Crippen LogP contribution in [0.15, 0.2) is 36.7 Å². The average Bonchev–Trinajstić information content (AvgIpc) is 3.28. The quantitative estimate of drug-likeness (QED) is 0.396. The zero-order chi connectivity index (χ0) is 29.9. The average molecular weight is 606 g/mol. The third-order valence-corrected chi connectivity index (χ3v) is 7.96. The Morgan fingerprint density at radius 3 is 2.32 bits per heavy atom. The second kappa shape index (κ2) is 12.7. The van der Waals surface area contributed by atoms with Crippen LogP contribution in [0.5, 0.6) is 0 Å². The number of nitrogens with zero attached hydrogens (tertiary/aromatic N) is 2. The van der Waals surface area contributed by atoms with Gasteiger partial charge in [-0.3, -0.25) is 19.5 Å². The highest BCUT2D eigenvalue weighted by Crippen LogP contribution is 2.41. The Hall–Kier alpha value is -3.37. The lowest BCUT2D eigenvalue weighted by Gasteiger charge is -2.31. The Labute approximate surface area is 248 Å². The molecule has 0 bridgehead atoms. The summed E-state index contributed by atoms with van der Waals surface area (Å²) in [4.78, 5) is 56.7. The molecule has 1 aliphatic heterocycles. The minimum atomic E-state index is -1.22. The van der Waals surface area contributed by atoms with Gasteiger partial charge in [0.15, 0.2) is 0 Å². The van der Waals surface area contributed by atoms with E-state index in [1.807, 2.05) is 0 Å². The number of aromatic nitrogens is 1. The molecule has 1 aromatic heterocycles. The van der Waals surface area contributed by atoms with Gasteiger partial charge in [0.25, 0.3) is 5.91 Å². The van der Waals surface area contributed by atoms with E-state index in [4.69, 9.17) is 27.9 Å². The van der Waals surface area contributed by atoms with E-state index < -0.39 is 41.6 Å². The van der Waals surface area contributed by atoms with Gasteiger partial charge < -0.3 is 20.5 Å². The number of hydrogen-bond acceptors (Lipinski definition) is 6. The number of carboxylic acids is 1. The molecule has 1 saturated heterocycles. The molecule has 3 amide bonds. The number of likely N-dealkylation sites (tertiary alicyclic amines) is 1. The molecule has 2 aromatic rings. The fourth-order valence-electron chi connectivity index (χ4n) is 5.56. The normalized spacial score (nSPS) is 21.0. The van der Waals surface area contributed by atoms with E-state index in [2.05, 4.69) is 15.6 Å². The maximum absolute atomic E-state index is 13.6. The lowest BCUT2D eigenvalue weighted by molar-refractivity contribution is -0.142. The van der Waals surface area contributed by atoms with Crippen molar-refractivity contribution in [2.24, 2.45) is 11.8 Å². The van der Waals surface area contributed by atoms with E-state index >= 15 is 0 Å². The number of rotatable bonds is 7. The van der Waals surface area contributed by atoms with E-state index in [0.717, 1.165) is 25.7 Å². The third-order valence-electron chi connectivity index (χ3n) is 7.38. The second-order valence-electron chi connectivity index (χ2n) is 11.5. The van der Waals surface area contributed by atoms with Gasteiger partial charge in [-0.2, -0.15) is 0 Å². The smallest absolute Gasteiger partial charge is 0.410 e. The summed E-state index contributed by atoms with van der Waals surface area (Å²) in [6, 6.07) is 4.54. The van der Waals surface area contributed by atoms with E-state index in [0.29, 0.717) is 17.8 Å². The summed E-state index contributed by atoms with van der Waals surface area (Å²) in [5, 5.41) is 15.5. The predicted molar refractivity (Wildman–Crippen MR) is 154 cm³/mol. The van der Waals surface area contributed by atoms with Crippen molar-refractivity contribution in [3.8, 4) is 0 Å². The zero-order valence-corrected chi connectivity index (χ0v) is 24.7. The number of aliphatic carboxylic acids is 1. The van der Waals surface area contributed by atoms with Crippen molar-refractivity contribution in [1.29, 1.82) is 0 Å². The first-order chi connectivity index (χ1) is 19.3. The largest absolute Gasteiger partial charge is 0.480 e. The number of nitrogens with one attached hydrogen (secondary N) is 2. The molecule has 4 rings (SSSR count). The molecule has 1 aromatic carbocycles. The van der Waals surface area contributed by atoms with Crippen LogP contribution in [-0.2, 0) is 20.7 Å². The number of fused-ring (bicyclic) bond motifs is 1. The Bertz CT molecular complexity index is 1290. The molecule has 0 radical (unpaired) electrons. The monoisotopic (exact) mass is 604 g/mol. The number of carbonyl (C=O) groups is 4. The highest BCUT2D eigenvalue weighted by molar-refractivity contribution is 6.40. The van der Waals surface area contributed by atoms with Crippen LogP contribution in [0.2, 0.25) is 10.0 Å². The molecule has 3 N–H and O–H groups in total. The molecular formula is C29H34Cl2N4O6. The Morgan fingerprint density at radius 2 is 1.71 bits per heavy atom. The van der Waals surface area contributed by atoms with Crippen LogP contribution < -0.4 is 10.6 Å². The van der Waals surface area contributed by atoms with Gasteiger partial charge >= 0.3 is 12.1 Å². The molecule has 220 valence electrons. The molecular weight excluding hydrogens is 571 g/mol. The van der Waals surface area contributed by atoms with Crippen molar-refractivity contribution in [3.05, 3.63) is 57.8 Å². The van der Waals surface area contributed by atoms with Crippen molar-refractivity contribution in [2.45, 2.75) is 70.6 Å². The van der Waals surface area contributed by atoms with Crippen LogP contribution in [-0.4, -0.2) is 63.1 Å². The standard InChI is InChI=1S/C29H34Cl2N4O6/c1-29(2,3)41-28(40)35-15-17-6-4-5-7-19(17)24(35)26(37)34-22(27(38)39)12-16-8-10-18(11-9-16)33-25(36)23-20(30)13-32-14-21(23)31/h8-11,13-14,17,19,22,24H,4-7,12,15H2,1-3H3,(H,33,36)(H,34,37)(H,38,39)/t17?,19?,22-,24?/m0/s1. The van der Waals surface area contributed by atoms with E-state index in [1.54, 1.807) is 45.0 Å². The molecule has 2 fully saturated rings. The predicted octanol–water partition coefficient (Wildman–Crippen LogP) is 5.18. The Balaban J connectivity index is 1.44. The molecule has 1 saturated carbocycles.